The van der Waals surface area contributed by atoms with E-state index in [9.17, 15) is 9.59 Å². The summed E-state index contributed by atoms with van der Waals surface area (Å²) in [4.78, 5) is 25.4. The SMILES string of the molecule is CNC(C)CNC(=O)c1ccccc1C(=O)c1cc(C)ccc1C.Cl. The number of halogens is 1. The molecular formula is C20H25ClN2O2. The van der Waals surface area contributed by atoms with E-state index in [2.05, 4.69) is 10.6 Å². The normalized spacial score (nSPS) is 11.4. The Hall–Kier alpha value is -2.17. The molecule has 134 valence electrons. The van der Waals surface area contributed by atoms with E-state index in [0.717, 1.165) is 11.1 Å². The van der Waals surface area contributed by atoms with E-state index >= 15 is 0 Å². The third-order valence-corrected chi connectivity index (χ3v) is 4.12. The number of hydrogen-bond acceptors (Lipinski definition) is 3. The van der Waals surface area contributed by atoms with E-state index in [4.69, 9.17) is 0 Å². The maximum absolute atomic E-state index is 12.9. The summed E-state index contributed by atoms with van der Waals surface area (Å²) >= 11 is 0. The molecule has 2 rings (SSSR count). The van der Waals surface area contributed by atoms with Crippen LogP contribution in [0, 0.1) is 13.8 Å². The van der Waals surface area contributed by atoms with Gasteiger partial charge in [-0.1, -0.05) is 35.9 Å². The highest BCUT2D eigenvalue weighted by atomic mass is 35.5. The number of nitrogens with one attached hydrogen (secondary N) is 2. The lowest BCUT2D eigenvalue weighted by Gasteiger charge is -2.14. The van der Waals surface area contributed by atoms with Crippen molar-refractivity contribution in [2.45, 2.75) is 26.8 Å². The first-order valence-corrected chi connectivity index (χ1v) is 8.10. The molecule has 0 bridgehead atoms. The summed E-state index contributed by atoms with van der Waals surface area (Å²) in [6, 6.07) is 12.9. The Morgan fingerprint density at radius 1 is 1.00 bits per heavy atom. The molecule has 5 heteroatoms. The van der Waals surface area contributed by atoms with Crippen molar-refractivity contribution in [3.8, 4) is 0 Å². The first kappa shape index (κ1) is 20.9. The van der Waals surface area contributed by atoms with Crippen molar-refractivity contribution < 1.29 is 9.59 Å². The lowest BCUT2D eigenvalue weighted by Crippen LogP contribution is -2.37. The Kier molecular flexibility index (Phi) is 7.81. The largest absolute Gasteiger partial charge is 0.350 e. The van der Waals surface area contributed by atoms with Gasteiger partial charge in [0.1, 0.15) is 0 Å². The minimum Gasteiger partial charge on any atom is -0.350 e. The van der Waals surface area contributed by atoms with Crippen LogP contribution < -0.4 is 10.6 Å². The quantitative estimate of drug-likeness (QED) is 0.777. The highest BCUT2D eigenvalue weighted by molar-refractivity contribution is 6.15. The van der Waals surface area contributed by atoms with Crippen molar-refractivity contribution in [3.63, 3.8) is 0 Å². The number of ketones is 1. The van der Waals surface area contributed by atoms with Gasteiger partial charge in [0.15, 0.2) is 5.78 Å². The smallest absolute Gasteiger partial charge is 0.252 e. The second-order valence-corrected chi connectivity index (χ2v) is 6.09. The van der Waals surface area contributed by atoms with Crippen molar-refractivity contribution in [2.24, 2.45) is 0 Å². The molecule has 0 fully saturated rings. The Morgan fingerprint density at radius 2 is 1.64 bits per heavy atom. The molecule has 4 nitrogen and oxygen atoms in total. The van der Waals surface area contributed by atoms with Crippen LogP contribution in [-0.2, 0) is 0 Å². The molecule has 2 aromatic rings. The molecule has 0 saturated heterocycles. The molecule has 0 radical (unpaired) electrons. The van der Waals surface area contributed by atoms with Gasteiger partial charge in [0, 0.05) is 23.7 Å². The van der Waals surface area contributed by atoms with Crippen molar-refractivity contribution in [3.05, 3.63) is 70.3 Å². The van der Waals surface area contributed by atoms with E-state index in [1.54, 1.807) is 24.3 Å². The van der Waals surface area contributed by atoms with Gasteiger partial charge in [-0.05, 0) is 45.5 Å². The average Bonchev–Trinajstić information content (AvgIpc) is 2.60. The number of aryl methyl sites for hydroxylation is 2. The summed E-state index contributed by atoms with van der Waals surface area (Å²) < 4.78 is 0. The number of amides is 1. The highest BCUT2D eigenvalue weighted by Gasteiger charge is 2.19. The number of likely N-dealkylation sites (N-methyl/N-ethyl adjacent to an activating group) is 1. The highest BCUT2D eigenvalue weighted by Crippen LogP contribution is 2.19. The Balaban J connectivity index is 0.00000312. The molecule has 2 N–H and O–H groups in total. The minimum absolute atomic E-state index is 0. The van der Waals surface area contributed by atoms with E-state index in [-0.39, 0.29) is 30.1 Å². The van der Waals surface area contributed by atoms with Crippen LogP contribution in [0.1, 0.15) is 44.3 Å². The topological polar surface area (TPSA) is 58.2 Å². The van der Waals surface area contributed by atoms with E-state index in [1.165, 1.54) is 0 Å². The van der Waals surface area contributed by atoms with Crippen LogP contribution in [0.15, 0.2) is 42.5 Å². The van der Waals surface area contributed by atoms with Crippen LogP contribution in [0.4, 0.5) is 0 Å². The molecule has 1 amide bonds. The summed E-state index contributed by atoms with van der Waals surface area (Å²) in [5.74, 6) is -0.352. The summed E-state index contributed by atoms with van der Waals surface area (Å²) in [5.41, 5.74) is 3.41. The summed E-state index contributed by atoms with van der Waals surface area (Å²) in [5, 5.41) is 5.94. The second-order valence-electron chi connectivity index (χ2n) is 6.09. The van der Waals surface area contributed by atoms with Crippen LogP contribution in [0.25, 0.3) is 0 Å². The zero-order chi connectivity index (χ0) is 17.7. The molecule has 0 aromatic heterocycles. The molecule has 1 atom stereocenters. The molecule has 0 saturated carbocycles. The number of hydrogen-bond donors (Lipinski definition) is 2. The molecule has 0 aliphatic rings. The van der Waals surface area contributed by atoms with Crippen LogP contribution in [0.5, 0.6) is 0 Å². The van der Waals surface area contributed by atoms with Crippen molar-refractivity contribution in [2.75, 3.05) is 13.6 Å². The number of rotatable bonds is 6. The zero-order valence-electron chi connectivity index (χ0n) is 15.1. The lowest BCUT2D eigenvalue weighted by molar-refractivity contribution is 0.0939. The maximum atomic E-state index is 12.9. The van der Waals surface area contributed by atoms with Gasteiger partial charge in [0.2, 0.25) is 0 Å². The Labute approximate surface area is 155 Å². The molecular weight excluding hydrogens is 336 g/mol. The second kappa shape index (κ2) is 9.35. The molecule has 2 aromatic carbocycles. The van der Waals surface area contributed by atoms with Crippen molar-refractivity contribution in [1.82, 2.24) is 10.6 Å². The predicted octanol–water partition coefficient (Wildman–Crippen LogP) is 3.29. The fourth-order valence-electron chi connectivity index (χ4n) is 2.45. The molecule has 0 heterocycles. The van der Waals surface area contributed by atoms with Crippen LogP contribution >= 0.6 is 12.4 Å². The monoisotopic (exact) mass is 360 g/mol. The fraction of sp³-hybridized carbons (Fsp3) is 0.300. The van der Waals surface area contributed by atoms with Crippen LogP contribution in [0.3, 0.4) is 0 Å². The maximum Gasteiger partial charge on any atom is 0.252 e. The predicted molar refractivity (Wildman–Crippen MR) is 104 cm³/mol. The van der Waals surface area contributed by atoms with E-state index in [1.807, 2.05) is 46.0 Å². The average molecular weight is 361 g/mol. The lowest BCUT2D eigenvalue weighted by atomic mass is 9.94. The van der Waals surface area contributed by atoms with Gasteiger partial charge in [0.05, 0.1) is 5.56 Å². The number of benzene rings is 2. The van der Waals surface area contributed by atoms with E-state index in [0.29, 0.717) is 23.2 Å². The first-order chi connectivity index (χ1) is 11.4. The molecule has 0 aliphatic carbocycles. The molecule has 0 aliphatic heterocycles. The fourth-order valence-corrected chi connectivity index (χ4v) is 2.45. The number of carbonyl (C=O) groups is 2. The van der Waals surface area contributed by atoms with Gasteiger partial charge in [0.25, 0.3) is 5.91 Å². The Bertz CT molecular complexity index is 759. The first-order valence-electron chi connectivity index (χ1n) is 8.10. The van der Waals surface area contributed by atoms with Gasteiger partial charge in [-0.25, -0.2) is 0 Å². The van der Waals surface area contributed by atoms with Crippen molar-refractivity contribution >= 4 is 24.1 Å². The molecule has 0 spiro atoms. The van der Waals surface area contributed by atoms with Crippen molar-refractivity contribution in [1.29, 1.82) is 0 Å². The molecule has 1 unspecified atom stereocenters. The summed E-state index contributed by atoms with van der Waals surface area (Å²) in [7, 11) is 1.84. The summed E-state index contributed by atoms with van der Waals surface area (Å²) in [6.07, 6.45) is 0. The van der Waals surface area contributed by atoms with Gasteiger partial charge >= 0.3 is 0 Å². The number of carbonyl (C=O) groups excluding carboxylic acids is 2. The zero-order valence-corrected chi connectivity index (χ0v) is 15.9. The van der Waals surface area contributed by atoms with Crippen LogP contribution in [0.2, 0.25) is 0 Å². The van der Waals surface area contributed by atoms with Gasteiger partial charge in [-0.2, -0.15) is 0 Å². The minimum atomic E-state index is -0.230. The third-order valence-electron chi connectivity index (χ3n) is 4.12. The Morgan fingerprint density at radius 3 is 2.28 bits per heavy atom. The van der Waals surface area contributed by atoms with Gasteiger partial charge < -0.3 is 10.6 Å². The standard InChI is InChI=1S/C20H24N2O2.ClH/c1-13-9-10-14(2)18(11-13)19(23)16-7-5-6-8-17(16)20(24)22-12-15(3)21-4;/h5-11,15,21H,12H2,1-4H3,(H,22,24);1H. The molecule has 25 heavy (non-hydrogen) atoms. The van der Waals surface area contributed by atoms with Gasteiger partial charge in [-0.15, -0.1) is 12.4 Å². The van der Waals surface area contributed by atoms with Gasteiger partial charge in [-0.3, -0.25) is 9.59 Å². The third kappa shape index (κ3) is 5.15. The summed E-state index contributed by atoms with van der Waals surface area (Å²) in [6.45, 7) is 6.34. The van der Waals surface area contributed by atoms with E-state index < -0.39 is 0 Å². The van der Waals surface area contributed by atoms with Crippen LogP contribution in [-0.4, -0.2) is 31.3 Å².